The van der Waals surface area contributed by atoms with Gasteiger partial charge in [0.2, 0.25) is 0 Å². The third-order valence-corrected chi connectivity index (χ3v) is 13.5. The Morgan fingerprint density at radius 2 is 1.06 bits per heavy atom. The fraction of sp³-hybridized carbons (Fsp3) is 0.0820. The molecule has 0 bridgehead atoms. The number of hydrogen-bond acceptors (Lipinski definition) is 3. The number of rotatable bonds is 7. The highest BCUT2D eigenvalue weighted by molar-refractivity contribution is 6.10. The molecule has 0 unspecified atom stereocenters. The maximum atomic E-state index is 5.06. The predicted octanol–water partition coefficient (Wildman–Crippen LogP) is 15.5. The predicted molar refractivity (Wildman–Crippen MR) is 270 cm³/mol. The van der Waals surface area contributed by atoms with Crippen LogP contribution in [0.3, 0.4) is 0 Å². The minimum atomic E-state index is -0.486. The fourth-order valence-corrected chi connectivity index (χ4v) is 10.4. The molecule has 0 atom stereocenters. The van der Waals surface area contributed by atoms with Crippen LogP contribution in [0, 0.1) is 0 Å². The minimum Gasteiger partial charge on any atom is -0.309 e. The van der Waals surface area contributed by atoms with Gasteiger partial charge in [-0.25, -0.2) is 9.97 Å². The summed E-state index contributed by atoms with van der Waals surface area (Å²) in [5, 5.41) is 4.73. The van der Waals surface area contributed by atoms with Gasteiger partial charge in [0.1, 0.15) is 0 Å². The van der Waals surface area contributed by atoms with E-state index in [0.717, 1.165) is 44.7 Å². The number of hydrogen-bond donors (Lipinski definition) is 0. The molecule has 11 aromatic rings. The fourth-order valence-electron chi connectivity index (χ4n) is 10.4. The smallest absolute Gasteiger partial charge is 0.159 e. The Hall–Kier alpha value is -8.08. The van der Waals surface area contributed by atoms with Crippen LogP contribution in [-0.2, 0) is 10.8 Å². The normalized spacial score (nSPS) is 13.0. The molecule has 0 saturated carbocycles. The molecule has 310 valence electrons. The lowest BCUT2D eigenvalue weighted by molar-refractivity contribution is 0.590. The molecule has 0 fully saturated rings. The van der Waals surface area contributed by atoms with Gasteiger partial charge in [-0.05, 0) is 116 Å². The first-order valence-electron chi connectivity index (χ1n) is 22.5. The Morgan fingerprint density at radius 3 is 1.80 bits per heavy atom. The summed E-state index contributed by atoms with van der Waals surface area (Å²) in [7, 11) is 0. The van der Waals surface area contributed by atoms with Crippen LogP contribution in [0.25, 0.3) is 60.8 Å². The monoisotopic (exact) mass is 834 g/mol. The zero-order valence-electron chi connectivity index (χ0n) is 36.7. The molecule has 9 aromatic carbocycles. The second kappa shape index (κ2) is 15.0. The highest BCUT2D eigenvalue weighted by Crippen LogP contribution is 2.56. The second-order valence-corrected chi connectivity index (χ2v) is 18.3. The van der Waals surface area contributed by atoms with Gasteiger partial charge < -0.3 is 9.47 Å². The first kappa shape index (κ1) is 38.6. The number of para-hydroxylation sites is 1. The van der Waals surface area contributed by atoms with Gasteiger partial charge in [-0.15, -0.1) is 0 Å². The van der Waals surface area contributed by atoms with Gasteiger partial charge in [0, 0.05) is 33.4 Å². The van der Waals surface area contributed by atoms with Gasteiger partial charge >= 0.3 is 0 Å². The second-order valence-electron chi connectivity index (χ2n) is 18.3. The van der Waals surface area contributed by atoms with Crippen molar-refractivity contribution in [3.8, 4) is 28.2 Å². The van der Waals surface area contributed by atoms with E-state index in [2.05, 4.69) is 243 Å². The van der Waals surface area contributed by atoms with Crippen molar-refractivity contribution in [2.24, 2.45) is 0 Å². The van der Waals surface area contributed by atoms with Crippen LogP contribution in [0.15, 0.2) is 225 Å². The SMILES string of the molecule is CC(C)(C)c1ccc(N(c2cnc(-c3ccc4c(c3)c3ccccc3n4-c3ccc4c(c3)C(c3ccccc3)(c3ccccc3)c3ccccc3-4)nc2)c2ccc3ccccc3c2)cc1. The van der Waals surface area contributed by atoms with E-state index in [4.69, 9.17) is 9.97 Å². The van der Waals surface area contributed by atoms with Crippen LogP contribution in [0.5, 0.6) is 0 Å². The molecule has 65 heavy (non-hydrogen) atoms. The zero-order chi connectivity index (χ0) is 43.7. The Morgan fingerprint density at radius 1 is 0.446 bits per heavy atom. The van der Waals surface area contributed by atoms with Crippen molar-refractivity contribution >= 4 is 49.6 Å². The number of nitrogens with zero attached hydrogens (tertiary/aromatic N) is 4. The Kier molecular flexibility index (Phi) is 8.92. The van der Waals surface area contributed by atoms with Crippen LogP contribution in [0.1, 0.15) is 48.6 Å². The van der Waals surface area contributed by atoms with E-state index in [0.29, 0.717) is 5.82 Å². The zero-order valence-corrected chi connectivity index (χ0v) is 36.7. The van der Waals surface area contributed by atoms with Crippen LogP contribution in [0.2, 0.25) is 0 Å². The van der Waals surface area contributed by atoms with Crippen LogP contribution in [0.4, 0.5) is 17.1 Å². The van der Waals surface area contributed by atoms with Gasteiger partial charge in [0.15, 0.2) is 5.82 Å². The molecule has 0 N–H and O–H groups in total. The number of aromatic nitrogens is 3. The highest BCUT2D eigenvalue weighted by atomic mass is 15.2. The molecular formula is C61H46N4. The maximum Gasteiger partial charge on any atom is 0.159 e. The first-order chi connectivity index (χ1) is 31.9. The number of anilines is 3. The van der Waals surface area contributed by atoms with Crippen molar-refractivity contribution in [3.05, 3.63) is 253 Å². The van der Waals surface area contributed by atoms with E-state index < -0.39 is 5.41 Å². The van der Waals surface area contributed by atoms with Crippen LogP contribution >= 0.6 is 0 Å². The van der Waals surface area contributed by atoms with Gasteiger partial charge in [-0.1, -0.05) is 172 Å². The van der Waals surface area contributed by atoms with Gasteiger partial charge in [0.05, 0.1) is 34.5 Å². The summed E-state index contributed by atoms with van der Waals surface area (Å²) in [6.07, 6.45) is 3.91. The van der Waals surface area contributed by atoms with Crippen molar-refractivity contribution in [3.63, 3.8) is 0 Å². The van der Waals surface area contributed by atoms with Gasteiger partial charge in [0.25, 0.3) is 0 Å². The lowest BCUT2D eigenvalue weighted by Gasteiger charge is -2.34. The molecule has 0 spiro atoms. The molecule has 0 aliphatic heterocycles. The minimum absolute atomic E-state index is 0.0504. The average molecular weight is 835 g/mol. The molecule has 1 aliphatic rings. The molecule has 0 amide bonds. The van der Waals surface area contributed by atoms with Gasteiger partial charge in [-0.2, -0.15) is 0 Å². The molecule has 0 radical (unpaired) electrons. The summed E-state index contributed by atoms with van der Waals surface area (Å²) < 4.78 is 2.43. The average Bonchev–Trinajstić information content (AvgIpc) is 3.85. The lowest BCUT2D eigenvalue weighted by Crippen LogP contribution is -2.28. The summed E-state index contributed by atoms with van der Waals surface area (Å²) in [6.45, 7) is 6.75. The van der Waals surface area contributed by atoms with Crippen molar-refractivity contribution in [1.29, 1.82) is 0 Å². The van der Waals surface area contributed by atoms with Crippen molar-refractivity contribution < 1.29 is 0 Å². The summed E-state index contributed by atoms with van der Waals surface area (Å²) >= 11 is 0. The van der Waals surface area contributed by atoms with E-state index in [1.807, 2.05) is 12.4 Å². The molecule has 4 heteroatoms. The molecular weight excluding hydrogens is 789 g/mol. The summed E-state index contributed by atoms with van der Waals surface area (Å²) in [5.74, 6) is 0.680. The van der Waals surface area contributed by atoms with E-state index in [1.54, 1.807) is 0 Å². The quantitative estimate of drug-likeness (QED) is 0.160. The molecule has 12 rings (SSSR count). The van der Waals surface area contributed by atoms with Crippen molar-refractivity contribution in [2.75, 3.05) is 4.90 Å². The van der Waals surface area contributed by atoms with Crippen molar-refractivity contribution in [1.82, 2.24) is 14.5 Å². The molecule has 1 aliphatic carbocycles. The molecule has 4 nitrogen and oxygen atoms in total. The summed E-state index contributed by atoms with van der Waals surface area (Å²) in [6, 6.07) is 77.4. The standard InChI is InChI=1S/C61H46N4/c1-60(2,3)44-28-31-47(32-29-44)64(48-30-26-41-16-10-11-17-42(41)36-48)50-39-62-59(63-40-50)43-27-35-58-54(37-43)53-23-13-15-25-57(53)65(58)49-33-34-52-51-22-12-14-24-55(51)61(56(52)38-49,45-18-6-4-7-19-45)46-20-8-5-9-21-46/h4-40H,1-3H3. The maximum absolute atomic E-state index is 5.06. The third kappa shape index (κ3) is 6.20. The van der Waals surface area contributed by atoms with Crippen LogP contribution < -0.4 is 4.90 Å². The Bertz CT molecular complexity index is 3520. The number of benzene rings is 9. The summed E-state index contributed by atoms with van der Waals surface area (Å²) in [5.41, 5.74) is 15.9. The Labute approximate surface area is 379 Å². The van der Waals surface area contributed by atoms with Crippen molar-refractivity contribution in [2.45, 2.75) is 31.6 Å². The first-order valence-corrected chi connectivity index (χ1v) is 22.5. The van der Waals surface area contributed by atoms with E-state index in [-0.39, 0.29) is 5.41 Å². The van der Waals surface area contributed by atoms with E-state index >= 15 is 0 Å². The topological polar surface area (TPSA) is 34.0 Å². The summed E-state index contributed by atoms with van der Waals surface area (Å²) in [4.78, 5) is 12.4. The molecule has 2 aromatic heterocycles. The number of fused-ring (bicyclic) bond motifs is 7. The van der Waals surface area contributed by atoms with E-state index in [1.165, 1.54) is 55.1 Å². The van der Waals surface area contributed by atoms with Crippen LogP contribution in [-0.4, -0.2) is 14.5 Å². The molecule has 2 heterocycles. The van der Waals surface area contributed by atoms with Gasteiger partial charge in [-0.3, -0.25) is 0 Å². The van der Waals surface area contributed by atoms with E-state index in [9.17, 15) is 0 Å². The molecule has 0 saturated heterocycles. The highest BCUT2D eigenvalue weighted by Gasteiger charge is 2.46. The third-order valence-electron chi connectivity index (χ3n) is 13.5. The Balaban J connectivity index is 0.973. The lowest BCUT2D eigenvalue weighted by atomic mass is 9.67. The largest absolute Gasteiger partial charge is 0.309 e.